The van der Waals surface area contributed by atoms with Crippen molar-refractivity contribution in [1.82, 2.24) is 67.3 Å². The van der Waals surface area contributed by atoms with E-state index in [1.54, 1.807) is 0 Å². The van der Waals surface area contributed by atoms with Crippen molar-refractivity contribution >= 4 is 163 Å². The van der Waals surface area contributed by atoms with Gasteiger partial charge in [-0.1, -0.05) is 419 Å². The molecular formula is C130H82N14. The molecule has 0 saturated heterocycles. The highest BCUT2D eigenvalue weighted by atomic mass is 15.2. The molecule has 0 aliphatic heterocycles. The van der Waals surface area contributed by atoms with Gasteiger partial charge >= 0.3 is 0 Å². The molecule has 14 heteroatoms. The van der Waals surface area contributed by atoms with Gasteiger partial charge in [-0.2, -0.15) is 19.9 Å². The van der Waals surface area contributed by atoms with Crippen molar-refractivity contribution in [2.75, 3.05) is 0 Å². The van der Waals surface area contributed by atoms with Crippen LogP contribution in [0.25, 0.3) is 266 Å². The lowest BCUT2D eigenvalue weighted by Crippen LogP contribution is -2.07. The summed E-state index contributed by atoms with van der Waals surface area (Å²) < 4.78 is 14.1. The van der Waals surface area contributed by atoms with Crippen molar-refractivity contribution in [2.45, 2.75) is 0 Å². The highest BCUT2D eigenvalue weighted by Gasteiger charge is 2.30. The molecule has 0 aliphatic carbocycles. The first-order chi connectivity index (χ1) is 71.5. The normalized spacial score (nSPS) is 11.8. The molecule has 30 aromatic rings. The van der Waals surface area contributed by atoms with E-state index in [2.05, 4.69) is 404 Å². The van der Waals surface area contributed by atoms with Gasteiger partial charge in [-0.05, 0) is 94.3 Å². The zero-order chi connectivity index (χ0) is 94.8. The summed E-state index contributed by atoms with van der Waals surface area (Å²) in [6.07, 6.45) is 0. The summed E-state index contributed by atoms with van der Waals surface area (Å²) >= 11 is 0. The highest BCUT2D eigenvalue weighted by Crippen LogP contribution is 2.50. The third-order valence-corrected chi connectivity index (χ3v) is 28.2. The average Bonchev–Trinajstić information content (AvgIpc) is 1.55. The number of benzene rings is 21. The first-order valence-corrected chi connectivity index (χ1v) is 48.6. The minimum Gasteiger partial charge on any atom is -0.309 e. The lowest BCUT2D eigenvalue weighted by Gasteiger charge is -2.14. The lowest BCUT2D eigenvalue weighted by molar-refractivity contribution is 0.953. The number of hydrogen-bond acceptors (Lipinski definition) is 8. The van der Waals surface area contributed by atoms with E-state index in [4.69, 9.17) is 39.9 Å². The van der Waals surface area contributed by atoms with Crippen molar-refractivity contribution in [2.24, 2.45) is 0 Å². The Kier molecular flexibility index (Phi) is 19.6. The van der Waals surface area contributed by atoms with E-state index in [0.717, 1.165) is 133 Å². The zero-order valence-electron chi connectivity index (χ0n) is 77.6. The molecule has 0 spiro atoms. The summed E-state index contributed by atoms with van der Waals surface area (Å²) in [6, 6.07) is 174. The van der Waals surface area contributed by atoms with E-state index < -0.39 is 0 Å². The van der Waals surface area contributed by atoms with E-state index in [1.165, 1.54) is 92.0 Å². The van der Waals surface area contributed by atoms with Crippen LogP contribution in [-0.2, 0) is 0 Å². The molecule has 14 nitrogen and oxygen atoms in total. The number of aromatic nitrogens is 14. The third-order valence-electron chi connectivity index (χ3n) is 28.2. The molecular weight excluding hydrogens is 1760 g/mol. The summed E-state index contributed by atoms with van der Waals surface area (Å²) in [5, 5.41) is 21.6. The minimum absolute atomic E-state index is 0.579. The van der Waals surface area contributed by atoms with Gasteiger partial charge in [0.1, 0.15) is 5.82 Å². The van der Waals surface area contributed by atoms with Crippen molar-refractivity contribution in [3.8, 4) is 103 Å². The number of rotatable bonds is 12. The molecule has 30 rings (SSSR count). The number of hydrogen-bond donors (Lipinski definition) is 0. The number of nitrogens with zero attached hydrogens (tertiary/aromatic N) is 14. The Morgan fingerprint density at radius 1 is 0.139 bits per heavy atom. The van der Waals surface area contributed by atoms with Crippen molar-refractivity contribution in [3.05, 3.63) is 497 Å². The molecule has 0 atom stereocenters. The van der Waals surface area contributed by atoms with E-state index in [-0.39, 0.29) is 0 Å². The molecule has 672 valence electrons. The monoisotopic (exact) mass is 1840 g/mol. The largest absolute Gasteiger partial charge is 0.309 e. The van der Waals surface area contributed by atoms with Crippen molar-refractivity contribution < 1.29 is 0 Å². The summed E-state index contributed by atoms with van der Waals surface area (Å²) in [4.78, 5) is 41.3. The second-order valence-corrected chi connectivity index (χ2v) is 36.4. The van der Waals surface area contributed by atoms with Crippen LogP contribution in [0, 0.1) is 0 Å². The summed E-state index contributed by atoms with van der Waals surface area (Å²) in [7, 11) is 0. The Balaban J connectivity index is 0.000000105. The predicted octanol–water partition coefficient (Wildman–Crippen LogP) is 32.3. The standard InChI is InChI=1S/C44H28N4.2C43H27N5/c1-4-15-30(16-5-1)37-28-40(46-44(45-37)31-17-6-2-7-18-31)48-38-23-13-12-22-34(38)35-25-26-36-41-33-21-11-10-14-29(33)24-27-39(41)47(43(36)42(35)48)32-19-8-3-9-20-32;1-4-14-28(15-5-1)41-44-42(29-16-6-2-7-17-29)46-43(45-41)48-38-23-13-11-21-32(38)34-25-26-35-36(40(34)48)27-24-33-31-20-10-12-22-37(31)47(39(33)35)30-18-8-3-9-19-30;1-4-16-28(17-5-1)41-44-42(29-18-6-2-7-19-29)46-43(45-41)48-36-27-15-13-25-34(36)38-32-23-11-10-22-31(32)37-33-24-12-14-26-35(33)47(39(37)40(38)48)30-20-8-3-9-21-30/h1-28H;2*1-27H. The average molecular weight is 1840 g/mol. The molecule has 9 aromatic heterocycles. The molecule has 0 saturated carbocycles. The first kappa shape index (κ1) is 82.6. The Labute approximate surface area is 825 Å². The quantitative estimate of drug-likeness (QED) is 0.118. The smallest absolute Gasteiger partial charge is 0.238 e. The van der Waals surface area contributed by atoms with Gasteiger partial charge in [-0.3, -0.25) is 13.7 Å². The Bertz CT molecular complexity index is 10100. The van der Waals surface area contributed by atoms with Crippen LogP contribution < -0.4 is 0 Å². The van der Waals surface area contributed by atoms with E-state index >= 15 is 0 Å². The van der Waals surface area contributed by atoms with Crippen LogP contribution in [0.3, 0.4) is 0 Å². The minimum atomic E-state index is 0.579. The molecule has 9 heterocycles. The fourth-order valence-electron chi connectivity index (χ4n) is 22.0. The first-order valence-electron chi connectivity index (χ1n) is 48.6. The summed E-state index contributed by atoms with van der Waals surface area (Å²) in [5.41, 5.74) is 23.5. The van der Waals surface area contributed by atoms with Gasteiger partial charge in [0, 0.05) is 132 Å². The van der Waals surface area contributed by atoms with Crippen LogP contribution in [0.2, 0.25) is 0 Å². The van der Waals surface area contributed by atoms with Gasteiger partial charge in [0.05, 0.1) is 71.9 Å². The molecule has 0 bridgehead atoms. The van der Waals surface area contributed by atoms with Crippen LogP contribution in [0.1, 0.15) is 0 Å². The summed E-state index contributed by atoms with van der Waals surface area (Å²) in [5.74, 6) is 5.22. The molecule has 0 radical (unpaired) electrons. The van der Waals surface area contributed by atoms with Crippen LogP contribution in [0.15, 0.2) is 497 Å². The van der Waals surface area contributed by atoms with Crippen LogP contribution in [0.4, 0.5) is 0 Å². The maximum Gasteiger partial charge on any atom is 0.238 e. The topological polar surface area (TPSA) is 133 Å². The SMILES string of the molecule is c1ccc(-c2cc(-n3c4ccccc4c4ccc5c6c7ccccc7ccc6n(-c6ccccc6)c5c43)nc(-c3ccccc3)n2)cc1.c1ccc(-c2nc(-c3ccccc3)nc(-n3c4ccccc4c4c5ccccc5c5c6ccccc6n(-c6ccccc6)c5c43)n2)cc1.c1ccc(-c2nc(-c3ccccc3)nc(-n3c4ccccc4c4ccc5c(ccc6c7ccccc7n(-c7ccccc7)c65)c43)n2)cc1. The van der Waals surface area contributed by atoms with Gasteiger partial charge in [0.25, 0.3) is 0 Å². The van der Waals surface area contributed by atoms with Gasteiger partial charge < -0.3 is 13.7 Å². The molecule has 0 unspecified atom stereocenters. The maximum absolute atomic E-state index is 5.33. The molecule has 0 fully saturated rings. The fraction of sp³-hybridized carbons (Fsp3) is 0. The van der Waals surface area contributed by atoms with Crippen molar-refractivity contribution in [1.29, 1.82) is 0 Å². The Hall–Kier alpha value is -19.7. The van der Waals surface area contributed by atoms with E-state index in [1.807, 2.05) is 121 Å². The maximum atomic E-state index is 5.33. The molecule has 0 N–H and O–H groups in total. The van der Waals surface area contributed by atoms with Gasteiger partial charge in [-0.15, -0.1) is 0 Å². The lowest BCUT2D eigenvalue weighted by atomic mass is 9.98. The van der Waals surface area contributed by atoms with E-state index in [0.29, 0.717) is 41.0 Å². The highest BCUT2D eigenvalue weighted by molar-refractivity contribution is 6.37. The zero-order valence-corrected chi connectivity index (χ0v) is 77.6. The molecule has 0 aliphatic rings. The fourth-order valence-corrected chi connectivity index (χ4v) is 22.0. The van der Waals surface area contributed by atoms with Crippen molar-refractivity contribution in [3.63, 3.8) is 0 Å². The summed E-state index contributed by atoms with van der Waals surface area (Å²) in [6.45, 7) is 0. The third kappa shape index (κ3) is 13.5. The van der Waals surface area contributed by atoms with Crippen LogP contribution in [-0.4, -0.2) is 67.3 Å². The van der Waals surface area contributed by atoms with Gasteiger partial charge in [0.15, 0.2) is 29.1 Å². The second-order valence-electron chi connectivity index (χ2n) is 36.4. The molecule has 21 aromatic carbocycles. The predicted molar refractivity (Wildman–Crippen MR) is 593 cm³/mol. The van der Waals surface area contributed by atoms with Crippen LogP contribution in [0.5, 0.6) is 0 Å². The van der Waals surface area contributed by atoms with Gasteiger partial charge in [0.2, 0.25) is 11.9 Å². The molecule has 0 amide bonds. The Morgan fingerprint density at radius 2 is 0.410 bits per heavy atom. The van der Waals surface area contributed by atoms with Crippen LogP contribution >= 0.6 is 0 Å². The molecule has 144 heavy (non-hydrogen) atoms. The Morgan fingerprint density at radius 3 is 0.833 bits per heavy atom. The number of para-hydroxylation sites is 8. The second kappa shape index (κ2) is 34.2. The van der Waals surface area contributed by atoms with Gasteiger partial charge in [-0.25, -0.2) is 19.9 Å². The number of fused-ring (bicyclic) bond motifs is 28. The van der Waals surface area contributed by atoms with E-state index in [9.17, 15) is 0 Å².